The van der Waals surface area contributed by atoms with Crippen LogP contribution in [0.5, 0.6) is 5.75 Å². The number of benzene rings is 1. The molecule has 1 N–H and O–H groups in total. The number of likely N-dealkylation sites (N-methyl/N-ethyl adjacent to an activating group) is 1. The van der Waals surface area contributed by atoms with Crippen LogP contribution in [0.1, 0.15) is 46.5 Å². The molecule has 0 aliphatic carbocycles. The predicted molar refractivity (Wildman–Crippen MR) is 92.5 cm³/mol. The van der Waals surface area contributed by atoms with Crippen LogP contribution in [0.15, 0.2) is 24.3 Å². The Morgan fingerprint density at radius 3 is 2.32 bits per heavy atom. The molecule has 0 heterocycles. The molecule has 0 aliphatic heterocycles. The number of nitrogens with zero attached hydrogens (tertiary/aromatic N) is 1. The monoisotopic (exact) mass is 306 g/mol. The van der Waals surface area contributed by atoms with E-state index in [0.717, 1.165) is 37.6 Å². The van der Waals surface area contributed by atoms with Crippen LogP contribution < -0.4 is 10.1 Å². The molecule has 0 saturated heterocycles. The van der Waals surface area contributed by atoms with Gasteiger partial charge in [-0.05, 0) is 44.5 Å². The first-order chi connectivity index (χ1) is 10.7. The Kier molecular flexibility index (Phi) is 9.12. The third-order valence-electron chi connectivity index (χ3n) is 3.68. The molecular formula is C18H30N2O2. The normalized spacial score (nSPS) is 10.3. The highest BCUT2D eigenvalue weighted by Gasteiger charge is 2.08. The maximum Gasteiger partial charge on any atom is 0.241 e. The molecule has 0 aromatic heterocycles. The Bertz CT molecular complexity index is 414. The summed E-state index contributed by atoms with van der Waals surface area (Å²) < 4.78 is 5.70. The summed E-state index contributed by atoms with van der Waals surface area (Å²) in [5, 5.41) is 3.16. The van der Waals surface area contributed by atoms with E-state index in [0.29, 0.717) is 6.54 Å². The van der Waals surface area contributed by atoms with Gasteiger partial charge in [-0.15, -0.1) is 0 Å². The molecule has 124 valence electrons. The van der Waals surface area contributed by atoms with Gasteiger partial charge in [-0.2, -0.15) is 0 Å². The van der Waals surface area contributed by atoms with Crippen LogP contribution in [0, 0.1) is 0 Å². The van der Waals surface area contributed by atoms with Crippen LogP contribution in [-0.2, 0) is 4.79 Å². The SMILES string of the molecule is CCCCCCOc1ccc(NCC(=O)N(CC)CC)cc1. The van der Waals surface area contributed by atoms with Crippen molar-refractivity contribution in [2.45, 2.75) is 46.5 Å². The van der Waals surface area contributed by atoms with Crippen molar-refractivity contribution in [1.29, 1.82) is 0 Å². The molecule has 0 aliphatic rings. The number of carbonyl (C=O) groups excluding carboxylic acids is 1. The van der Waals surface area contributed by atoms with Crippen molar-refractivity contribution in [1.82, 2.24) is 4.90 Å². The van der Waals surface area contributed by atoms with Crippen LogP contribution in [0.4, 0.5) is 5.69 Å². The Labute approximate surface area is 134 Å². The summed E-state index contributed by atoms with van der Waals surface area (Å²) in [7, 11) is 0. The van der Waals surface area contributed by atoms with Crippen LogP contribution in [-0.4, -0.2) is 37.0 Å². The quantitative estimate of drug-likeness (QED) is 0.630. The number of hydrogen-bond donors (Lipinski definition) is 1. The molecule has 22 heavy (non-hydrogen) atoms. The highest BCUT2D eigenvalue weighted by molar-refractivity contribution is 5.80. The number of amides is 1. The van der Waals surface area contributed by atoms with Gasteiger partial charge in [0.05, 0.1) is 13.2 Å². The second-order valence-corrected chi connectivity index (χ2v) is 5.35. The van der Waals surface area contributed by atoms with Crippen LogP contribution in [0.25, 0.3) is 0 Å². The minimum Gasteiger partial charge on any atom is -0.494 e. The zero-order valence-corrected chi connectivity index (χ0v) is 14.2. The molecule has 0 radical (unpaired) electrons. The standard InChI is InChI=1S/C18H30N2O2/c1-4-7-8-9-14-22-17-12-10-16(11-13-17)19-15-18(21)20(5-2)6-3/h10-13,19H,4-9,14-15H2,1-3H3. The van der Waals surface area contributed by atoms with E-state index < -0.39 is 0 Å². The van der Waals surface area contributed by atoms with Gasteiger partial charge >= 0.3 is 0 Å². The lowest BCUT2D eigenvalue weighted by molar-refractivity contribution is -0.128. The number of rotatable bonds is 11. The minimum atomic E-state index is 0.126. The summed E-state index contributed by atoms with van der Waals surface area (Å²) in [5.74, 6) is 1.01. The molecule has 1 amide bonds. The van der Waals surface area contributed by atoms with Crippen molar-refractivity contribution in [3.63, 3.8) is 0 Å². The van der Waals surface area contributed by atoms with Crippen molar-refractivity contribution in [3.05, 3.63) is 24.3 Å². The van der Waals surface area contributed by atoms with Crippen LogP contribution in [0.3, 0.4) is 0 Å². The van der Waals surface area contributed by atoms with Gasteiger partial charge in [0.2, 0.25) is 5.91 Å². The average Bonchev–Trinajstić information content (AvgIpc) is 2.55. The fraction of sp³-hybridized carbons (Fsp3) is 0.611. The van der Waals surface area contributed by atoms with E-state index in [1.165, 1.54) is 19.3 Å². The van der Waals surface area contributed by atoms with E-state index in [1.807, 2.05) is 43.0 Å². The number of unbranched alkanes of at least 4 members (excludes halogenated alkanes) is 3. The number of nitrogens with one attached hydrogen (secondary N) is 1. The molecule has 0 atom stereocenters. The lowest BCUT2D eigenvalue weighted by atomic mass is 10.2. The number of ether oxygens (including phenoxy) is 1. The van der Waals surface area contributed by atoms with Gasteiger partial charge in [-0.3, -0.25) is 4.79 Å². The van der Waals surface area contributed by atoms with Crippen LogP contribution in [0.2, 0.25) is 0 Å². The Morgan fingerprint density at radius 2 is 1.73 bits per heavy atom. The average molecular weight is 306 g/mol. The van der Waals surface area contributed by atoms with E-state index in [4.69, 9.17) is 4.74 Å². The largest absolute Gasteiger partial charge is 0.494 e. The third kappa shape index (κ3) is 6.83. The Balaban J connectivity index is 2.31. The summed E-state index contributed by atoms with van der Waals surface area (Å²) in [6, 6.07) is 7.81. The predicted octanol–water partition coefficient (Wildman–Crippen LogP) is 3.93. The van der Waals surface area contributed by atoms with Gasteiger partial charge < -0.3 is 15.0 Å². The topological polar surface area (TPSA) is 41.6 Å². The minimum absolute atomic E-state index is 0.126. The zero-order valence-electron chi connectivity index (χ0n) is 14.2. The fourth-order valence-corrected chi connectivity index (χ4v) is 2.25. The van der Waals surface area contributed by atoms with Gasteiger partial charge in [-0.25, -0.2) is 0 Å². The molecule has 4 nitrogen and oxygen atoms in total. The van der Waals surface area contributed by atoms with Gasteiger partial charge in [0.1, 0.15) is 5.75 Å². The molecule has 4 heteroatoms. The summed E-state index contributed by atoms with van der Waals surface area (Å²) >= 11 is 0. The Hall–Kier alpha value is -1.71. The first-order valence-electron chi connectivity index (χ1n) is 8.45. The van der Waals surface area contributed by atoms with E-state index in [1.54, 1.807) is 0 Å². The maximum atomic E-state index is 11.9. The van der Waals surface area contributed by atoms with E-state index in [9.17, 15) is 4.79 Å². The number of hydrogen-bond acceptors (Lipinski definition) is 3. The van der Waals surface area contributed by atoms with E-state index in [2.05, 4.69) is 12.2 Å². The Morgan fingerprint density at radius 1 is 1.05 bits per heavy atom. The molecule has 1 aromatic rings. The van der Waals surface area contributed by atoms with Gasteiger partial charge in [-0.1, -0.05) is 26.2 Å². The lowest BCUT2D eigenvalue weighted by Gasteiger charge is -2.19. The molecule has 1 rings (SSSR count). The second-order valence-electron chi connectivity index (χ2n) is 5.35. The molecular weight excluding hydrogens is 276 g/mol. The molecule has 0 bridgehead atoms. The van der Waals surface area contributed by atoms with E-state index in [-0.39, 0.29) is 5.91 Å². The molecule has 0 fully saturated rings. The highest BCUT2D eigenvalue weighted by Crippen LogP contribution is 2.16. The first kappa shape index (κ1) is 18.3. The lowest BCUT2D eigenvalue weighted by Crippen LogP contribution is -2.35. The maximum absolute atomic E-state index is 11.9. The summed E-state index contributed by atoms with van der Waals surface area (Å²) in [6.45, 7) is 8.80. The van der Waals surface area contributed by atoms with Crippen molar-refractivity contribution in [2.24, 2.45) is 0 Å². The van der Waals surface area contributed by atoms with Crippen LogP contribution >= 0.6 is 0 Å². The zero-order chi connectivity index (χ0) is 16.2. The molecule has 0 spiro atoms. The van der Waals surface area contributed by atoms with Crippen molar-refractivity contribution < 1.29 is 9.53 Å². The van der Waals surface area contributed by atoms with E-state index >= 15 is 0 Å². The van der Waals surface area contributed by atoms with Gasteiger partial charge in [0.15, 0.2) is 0 Å². The van der Waals surface area contributed by atoms with Crippen molar-refractivity contribution >= 4 is 11.6 Å². The molecule has 1 aromatic carbocycles. The fourth-order valence-electron chi connectivity index (χ4n) is 2.25. The third-order valence-corrected chi connectivity index (χ3v) is 3.68. The van der Waals surface area contributed by atoms with Crippen molar-refractivity contribution in [3.8, 4) is 5.75 Å². The first-order valence-corrected chi connectivity index (χ1v) is 8.45. The highest BCUT2D eigenvalue weighted by atomic mass is 16.5. The van der Waals surface area contributed by atoms with Crippen molar-refractivity contribution in [2.75, 3.05) is 31.6 Å². The summed E-state index contributed by atoms with van der Waals surface area (Å²) in [6.07, 6.45) is 4.84. The smallest absolute Gasteiger partial charge is 0.241 e. The summed E-state index contributed by atoms with van der Waals surface area (Å²) in [4.78, 5) is 13.7. The number of carbonyl (C=O) groups is 1. The molecule has 0 unspecified atom stereocenters. The van der Waals surface area contributed by atoms with Gasteiger partial charge in [0, 0.05) is 18.8 Å². The summed E-state index contributed by atoms with van der Waals surface area (Å²) in [5.41, 5.74) is 0.943. The van der Waals surface area contributed by atoms with Gasteiger partial charge in [0.25, 0.3) is 0 Å². The molecule has 0 saturated carbocycles. The number of anilines is 1. The second kappa shape index (κ2) is 10.9.